The number of hydrogen-bond acceptors (Lipinski definition) is 5. The van der Waals surface area contributed by atoms with Crippen molar-refractivity contribution in [3.05, 3.63) is 48.6 Å². The number of unbranched alkanes of at least 4 members (excludes halogenated alkanes) is 45. The number of hydrogen-bond donors (Lipinski definition) is 3. The van der Waals surface area contributed by atoms with Crippen LogP contribution in [0.1, 0.15) is 367 Å². The van der Waals surface area contributed by atoms with Crippen LogP contribution in [0, 0.1) is 0 Å². The molecule has 0 aliphatic rings. The molecule has 6 heteroatoms. The quantitative estimate of drug-likeness (QED) is 0.0320. The number of carbonyl (C=O) groups excluding carboxylic acids is 2. The number of nitrogens with one attached hydrogen (secondary N) is 1. The van der Waals surface area contributed by atoms with Crippen LogP contribution in [-0.2, 0) is 14.3 Å². The van der Waals surface area contributed by atoms with Crippen LogP contribution < -0.4 is 5.32 Å². The van der Waals surface area contributed by atoms with Crippen LogP contribution in [0.15, 0.2) is 48.6 Å². The maximum atomic E-state index is 12.5. The predicted octanol–water partition coefficient (Wildman–Crippen LogP) is 22.1. The number of aliphatic hydroxyl groups excluding tert-OH is 2. The normalized spacial score (nSPS) is 12.8. The Morgan fingerprint density at radius 3 is 1.01 bits per heavy atom. The highest BCUT2D eigenvalue weighted by molar-refractivity contribution is 5.76. The highest BCUT2D eigenvalue weighted by Crippen LogP contribution is 2.18. The van der Waals surface area contributed by atoms with Crippen molar-refractivity contribution in [3.8, 4) is 0 Å². The van der Waals surface area contributed by atoms with Gasteiger partial charge in [0.1, 0.15) is 0 Å². The first-order chi connectivity index (χ1) is 38.0. The van der Waals surface area contributed by atoms with Crippen molar-refractivity contribution in [2.75, 3.05) is 13.2 Å². The summed E-state index contributed by atoms with van der Waals surface area (Å²) >= 11 is 0. The zero-order valence-corrected chi connectivity index (χ0v) is 51.7. The number of allylic oxidation sites excluding steroid dienone is 8. The molecule has 1 amide bonds. The molecule has 0 aromatic rings. The van der Waals surface area contributed by atoms with Gasteiger partial charge in [0.2, 0.25) is 5.91 Å². The third-order valence-electron chi connectivity index (χ3n) is 15.9. The lowest BCUT2D eigenvalue weighted by molar-refractivity contribution is -0.143. The predicted molar refractivity (Wildman–Crippen MR) is 338 cm³/mol. The number of carbonyl (C=O) groups is 2. The molecule has 2 unspecified atom stereocenters. The fourth-order valence-electron chi connectivity index (χ4n) is 10.6. The molecule has 0 rings (SSSR count). The average molecular weight is 1080 g/mol. The van der Waals surface area contributed by atoms with Crippen LogP contribution in [0.4, 0.5) is 0 Å². The SMILES string of the molecule is CCCCC/C=C\C/C=C\CCCCCCCCCCCC(=O)OCCCCCCCCCCC/C=C\C/C=C\CCCCCCCCCCCCCC(=O)NC(CO)C(O)CCCCCCCCCCCCCCCC. The van der Waals surface area contributed by atoms with Gasteiger partial charge in [0, 0.05) is 12.8 Å². The Bertz CT molecular complexity index is 1290. The minimum absolute atomic E-state index is 0.00695. The number of amides is 1. The maximum absolute atomic E-state index is 12.5. The van der Waals surface area contributed by atoms with Crippen LogP contribution in [0.5, 0.6) is 0 Å². The lowest BCUT2D eigenvalue weighted by atomic mass is 10.0. The van der Waals surface area contributed by atoms with E-state index in [2.05, 4.69) is 67.8 Å². The first-order valence-corrected chi connectivity index (χ1v) is 34.4. The van der Waals surface area contributed by atoms with Crippen molar-refractivity contribution in [3.63, 3.8) is 0 Å². The molecule has 0 saturated carbocycles. The minimum Gasteiger partial charge on any atom is -0.466 e. The Morgan fingerprint density at radius 2 is 0.649 bits per heavy atom. The third-order valence-corrected chi connectivity index (χ3v) is 15.9. The Balaban J connectivity index is 3.40. The summed E-state index contributed by atoms with van der Waals surface area (Å²) in [6.07, 6.45) is 85.7. The second-order valence-corrected chi connectivity index (χ2v) is 23.5. The van der Waals surface area contributed by atoms with Gasteiger partial charge >= 0.3 is 5.97 Å². The van der Waals surface area contributed by atoms with E-state index in [9.17, 15) is 19.8 Å². The van der Waals surface area contributed by atoms with Gasteiger partial charge in [-0.25, -0.2) is 0 Å². The lowest BCUT2D eigenvalue weighted by Crippen LogP contribution is -2.45. The molecule has 0 aliphatic carbocycles. The summed E-state index contributed by atoms with van der Waals surface area (Å²) in [5.41, 5.74) is 0. The van der Waals surface area contributed by atoms with Crippen molar-refractivity contribution >= 4 is 11.9 Å². The van der Waals surface area contributed by atoms with E-state index in [-0.39, 0.29) is 18.5 Å². The highest BCUT2D eigenvalue weighted by atomic mass is 16.5. The van der Waals surface area contributed by atoms with Gasteiger partial charge in [-0.15, -0.1) is 0 Å². The van der Waals surface area contributed by atoms with Gasteiger partial charge in [-0.05, 0) is 89.9 Å². The molecule has 0 aromatic carbocycles. The van der Waals surface area contributed by atoms with Crippen LogP contribution in [-0.4, -0.2) is 47.4 Å². The first-order valence-electron chi connectivity index (χ1n) is 34.4. The van der Waals surface area contributed by atoms with E-state index in [1.165, 1.54) is 276 Å². The molecule has 0 saturated heterocycles. The van der Waals surface area contributed by atoms with Gasteiger partial charge < -0.3 is 20.3 Å². The molecule has 77 heavy (non-hydrogen) atoms. The fourth-order valence-corrected chi connectivity index (χ4v) is 10.6. The maximum Gasteiger partial charge on any atom is 0.305 e. The average Bonchev–Trinajstić information content (AvgIpc) is 3.43. The molecule has 0 radical (unpaired) electrons. The molecule has 2 atom stereocenters. The van der Waals surface area contributed by atoms with Gasteiger partial charge in [0.25, 0.3) is 0 Å². The van der Waals surface area contributed by atoms with E-state index >= 15 is 0 Å². The Hall–Kier alpha value is -2.18. The summed E-state index contributed by atoms with van der Waals surface area (Å²) in [6.45, 7) is 4.94. The molecule has 0 heterocycles. The molecule has 0 fully saturated rings. The Kier molecular flexibility index (Phi) is 64.5. The van der Waals surface area contributed by atoms with E-state index in [1.54, 1.807) is 0 Å². The van der Waals surface area contributed by atoms with Gasteiger partial charge in [-0.3, -0.25) is 9.59 Å². The Morgan fingerprint density at radius 1 is 0.364 bits per heavy atom. The summed E-state index contributed by atoms with van der Waals surface area (Å²) < 4.78 is 5.50. The largest absolute Gasteiger partial charge is 0.466 e. The van der Waals surface area contributed by atoms with Crippen molar-refractivity contribution in [2.45, 2.75) is 379 Å². The van der Waals surface area contributed by atoms with E-state index in [0.717, 1.165) is 57.8 Å². The van der Waals surface area contributed by atoms with E-state index in [0.29, 0.717) is 25.9 Å². The molecule has 0 aliphatic heterocycles. The summed E-state index contributed by atoms with van der Waals surface area (Å²) in [6, 6.07) is -0.544. The van der Waals surface area contributed by atoms with Crippen molar-refractivity contribution < 1.29 is 24.5 Å². The second-order valence-electron chi connectivity index (χ2n) is 23.5. The summed E-state index contributed by atoms with van der Waals surface area (Å²) in [5.74, 6) is -0.0299. The van der Waals surface area contributed by atoms with Crippen molar-refractivity contribution in [1.82, 2.24) is 5.32 Å². The molecule has 3 N–H and O–H groups in total. The number of aliphatic hydroxyl groups is 2. The molecule has 6 nitrogen and oxygen atoms in total. The minimum atomic E-state index is -0.667. The fraction of sp³-hybridized carbons (Fsp3) is 0.859. The van der Waals surface area contributed by atoms with Crippen LogP contribution in [0.25, 0.3) is 0 Å². The second kappa shape index (κ2) is 66.3. The lowest BCUT2D eigenvalue weighted by Gasteiger charge is -2.22. The molecular formula is C71H133NO5. The van der Waals surface area contributed by atoms with Gasteiger partial charge in [0.15, 0.2) is 0 Å². The molecular weight excluding hydrogens is 947 g/mol. The highest BCUT2D eigenvalue weighted by Gasteiger charge is 2.20. The zero-order valence-electron chi connectivity index (χ0n) is 51.7. The van der Waals surface area contributed by atoms with E-state index in [4.69, 9.17) is 4.74 Å². The zero-order chi connectivity index (χ0) is 55.7. The monoisotopic (exact) mass is 1080 g/mol. The van der Waals surface area contributed by atoms with Crippen molar-refractivity contribution in [1.29, 1.82) is 0 Å². The van der Waals surface area contributed by atoms with Crippen LogP contribution in [0.3, 0.4) is 0 Å². The van der Waals surface area contributed by atoms with Gasteiger partial charge in [-0.2, -0.15) is 0 Å². The van der Waals surface area contributed by atoms with Crippen LogP contribution in [0.2, 0.25) is 0 Å². The number of rotatable bonds is 64. The first kappa shape index (κ1) is 74.8. The van der Waals surface area contributed by atoms with E-state index in [1.807, 2.05) is 0 Å². The topological polar surface area (TPSA) is 95.9 Å². The van der Waals surface area contributed by atoms with Gasteiger partial charge in [0.05, 0.1) is 25.4 Å². The number of ether oxygens (including phenoxy) is 1. The van der Waals surface area contributed by atoms with Crippen LogP contribution >= 0.6 is 0 Å². The van der Waals surface area contributed by atoms with Crippen molar-refractivity contribution in [2.24, 2.45) is 0 Å². The molecule has 452 valence electrons. The molecule has 0 bridgehead atoms. The summed E-state index contributed by atoms with van der Waals surface area (Å²) in [7, 11) is 0. The summed E-state index contributed by atoms with van der Waals surface area (Å²) in [5, 5.41) is 23.3. The smallest absolute Gasteiger partial charge is 0.305 e. The summed E-state index contributed by atoms with van der Waals surface area (Å²) in [4.78, 5) is 24.6. The third kappa shape index (κ3) is 62.9. The molecule has 0 aromatic heterocycles. The standard InChI is InChI=1S/C71H133NO5/c1-3-5-7-9-11-13-15-17-19-20-30-34-37-41-45-49-53-57-61-65-71(76)77-66-62-58-54-50-46-42-38-35-32-29-27-25-23-21-22-24-26-28-31-33-36-40-44-48-52-56-60-64-70(75)72-68(67-73)69(74)63-59-55-51-47-43-39-18-16-14-12-10-8-6-4-2/h11,13,17,19,21-22,25,27,68-69,73-74H,3-10,12,14-16,18,20,23-24,26,28-67H2,1-2H3,(H,72,75)/b13-11-,19-17-,22-21-,27-25-. The number of esters is 1. The van der Waals surface area contributed by atoms with E-state index < -0.39 is 12.1 Å². The van der Waals surface area contributed by atoms with Gasteiger partial charge in [-0.1, -0.05) is 313 Å². The Labute approximate surface area is 480 Å². The molecule has 0 spiro atoms.